The Morgan fingerprint density at radius 2 is 2.00 bits per heavy atom. The number of halogens is 1. The second-order valence-corrected chi connectivity index (χ2v) is 3.16. The normalized spacial score (nSPS) is 9.29. The number of phenolic OH excluding ortho intramolecular Hbond substituents is 2. The van der Waals surface area contributed by atoms with Crippen molar-refractivity contribution in [1.29, 1.82) is 0 Å². The molecule has 0 spiro atoms. The van der Waals surface area contributed by atoms with Gasteiger partial charge in [-0.1, -0.05) is 25.5 Å². The number of phenols is 2. The Hall–Kier alpha value is -0.790. The van der Waals surface area contributed by atoms with Gasteiger partial charge in [-0.2, -0.15) is 0 Å². The van der Waals surface area contributed by atoms with Gasteiger partial charge in [-0.25, -0.2) is 0 Å². The summed E-state index contributed by atoms with van der Waals surface area (Å²) in [4.78, 5) is 0. The van der Waals surface area contributed by atoms with Crippen molar-refractivity contribution in [3.05, 3.63) is 23.8 Å². The smallest absolute Gasteiger partial charge is 0.267 e. The van der Waals surface area contributed by atoms with E-state index in [-0.39, 0.29) is 19.3 Å². The van der Waals surface area contributed by atoms with Crippen LogP contribution in [0.3, 0.4) is 0 Å². The monoisotopic (exact) mass is 234 g/mol. The molecular formula is C9H12ClO3P. The van der Waals surface area contributed by atoms with Crippen LogP contribution in [0.2, 0.25) is 0 Å². The molecule has 0 amide bonds. The topological polar surface area (TPSA) is 57.5 Å². The zero-order chi connectivity index (χ0) is 11.0. The molecule has 0 atom stereocenters. The molecule has 0 aromatic heterocycles. The molecular weight excluding hydrogens is 223 g/mol. The highest BCUT2D eigenvalue weighted by Crippen LogP contribution is 2.28. The molecule has 0 saturated heterocycles. The molecule has 78 valence electrons. The number of aromatic hydroxyl groups is 2. The van der Waals surface area contributed by atoms with Gasteiger partial charge in [-0.3, -0.25) is 4.57 Å². The fourth-order valence-electron chi connectivity index (χ4n) is 1.05. The van der Waals surface area contributed by atoms with Crippen molar-refractivity contribution in [3.8, 4) is 11.5 Å². The van der Waals surface area contributed by atoms with E-state index in [2.05, 4.69) is 11.2 Å². The van der Waals surface area contributed by atoms with Crippen molar-refractivity contribution in [2.24, 2.45) is 0 Å². The number of para-hydroxylation sites is 1. The molecule has 0 fully saturated rings. The lowest BCUT2D eigenvalue weighted by Crippen LogP contribution is -1.83. The van der Waals surface area contributed by atoms with E-state index in [0.717, 1.165) is 18.4 Å². The fourth-order valence-corrected chi connectivity index (χ4v) is 1.05. The van der Waals surface area contributed by atoms with E-state index >= 15 is 0 Å². The van der Waals surface area contributed by atoms with Gasteiger partial charge in [0, 0.05) is 0 Å². The Balaban J connectivity index is 0.000000500. The summed E-state index contributed by atoms with van der Waals surface area (Å²) in [5.74, 6) is -0.00898. The summed E-state index contributed by atoms with van der Waals surface area (Å²) in [6.07, 6.45) is 1.78. The van der Waals surface area contributed by atoms with Gasteiger partial charge in [0.1, 0.15) is 0 Å². The van der Waals surface area contributed by atoms with Crippen LogP contribution in [0, 0.1) is 0 Å². The molecule has 1 aromatic rings. The van der Waals surface area contributed by atoms with E-state index in [0.29, 0.717) is 0 Å². The quantitative estimate of drug-likeness (QED) is 0.608. The number of hydrogen-bond acceptors (Lipinski definition) is 3. The van der Waals surface area contributed by atoms with E-state index in [1.165, 1.54) is 6.07 Å². The zero-order valence-electron chi connectivity index (χ0n) is 7.77. The van der Waals surface area contributed by atoms with Crippen molar-refractivity contribution in [1.82, 2.24) is 0 Å². The maximum Gasteiger partial charge on any atom is 0.267 e. The average molecular weight is 235 g/mol. The van der Waals surface area contributed by atoms with E-state index in [1.807, 2.05) is 13.0 Å². The molecule has 0 aliphatic carbocycles. The van der Waals surface area contributed by atoms with Gasteiger partial charge >= 0.3 is 0 Å². The average Bonchev–Trinajstić information content (AvgIpc) is 2.15. The van der Waals surface area contributed by atoms with Gasteiger partial charge in [0.05, 0.1) is 0 Å². The van der Waals surface area contributed by atoms with Crippen LogP contribution in [-0.4, -0.2) is 10.2 Å². The van der Waals surface area contributed by atoms with Gasteiger partial charge in [-0.15, -0.1) is 0 Å². The summed E-state index contributed by atoms with van der Waals surface area (Å²) in [6.45, 7) is 2.03. The summed E-state index contributed by atoms with van der Waals surface area (Å²) in [5, 5.41) is 18.4. The van der Waals surface area contributed by atoms with Crippen LogP contribution in [-0.2, 0) is 11.0 Å². The molecule has 5 heteroatoms. The lowest BCUT2D eigenvalue weighted by atomic mass is 10.1. The summed E-state index contributed by atoms with van der Waals surface area (Å²) in [7, 11) is -0.361. The Kier molecular flexibility index (Phi) is 7.17. The molecule has 0 radical (unpaired) electrons. The second-order valence-electron chi connectivity index (χ2n) is 2.60. The number of aryl methyl sites for hydroxylation is 1. The first-order chi connectivity index (χ1) is 6.67. The van der Waals surface area contributed by atoms with Crippen LogP contribution in [0.5, 0.6) is 11.5 Å². The minimum Gasteiger partial charge on any atom is -0.504 e. The summed E-state index contributed by atoms with van der Waals surface area (Å²) in [5.41, 5.74) is 0.813. The van der Waals surface area contributed by atoms with Crippen molar-refractivity contribution < 1.29 is 14.8 Å². The minimum atomic E-state index is -0.361. The van der Waals surface area contributed by atoms with E-state index < -0.39 is 0 Å². The SMILES string of the molecule is CCCc1cccc(O)c1O.O=PCl. The Morgan fingerprint density at radius 1 is 1.43 bits per heavy atom. The van der Waals surface area contributed by atoms with Gasteiger partial charge in [-0.05, 0) is 29.3 Å². The molecule has 0 aliphatic rings. The largest absolute Gasteiger partial charge is 0.504 e. The number of rotatable bonds is 2. The first kappa shape index (κ1) is 13.2. The highest BCUT2D eigenvalue weighted by Gasteiger charge is 2.02. The van der Waals surface area contributed by atoms with Gasteiger partial charge < -0.3 is 10.2 Å². The predicted octanol–water partition coefficient (Wildman–Crippen LogP) is 3.48. The third-order valence-corrected chi connectivity index (χ3v) is 1.62. The van der Waals surface area contributed by atoms with Gasteiger partial charge in [0.25, 0.3) is 7.81 Å². The van der Waals surface area contributed by atoms with Crippen molar-refractivity contribution in [3.63, 3.8) is 0 Å². The highest BCUT2D eigenvalue weighted by molar-refractivity contribution is 7.57. The van der Waals surface area contributed by atoms with Crippen LogP contribution in [0.25, 0.3) is 0 Å². The lowest BCUT2D eigenvalue weighted by molar-refractivity contribution is 0.399. The Labute approximate surface area is 89.3 Å². The molecule has 0 unspecified atom stereocenters. The third kappa shape index (κ3) is 4.45. The van der Waals surface area contributed by atoms with Crippen LogP contribution < -0.4 is 0 Å². The summed E-state index contributed by atoms with van der Waals surface area (Å²) in [6, 6.07) is 5.03. The molecule has 0 aliphatic heterocycles. The van der Waals surface area contributed by atoms with Crippen LogP contribution in [0.1, 0.15) is 18.9 Å². The maximum atomic E-state index is 9.28. The minimum absolute atomic E-state index is 0.0225. The molecule has 3 nitrogen and oxygen atoms in total. The van der Waals surface area contributed by atoms with E-state index in [4.69, 9.17) is 9.67 Å². The number of benzene rings is 1. The van der Waals surface area contributed by atoms with Crippen LogP contribution in [0.4, 0.5) is 0 Å². The second kappa shape index (κ2) is 7.60. The van der Waals surface area contributed by atoms with Gasteiger partial charge in [0.15, 0.2) is 11.5 Å². The summed E-state index contributed by atoms with van der Waals surface area (Å²) >= 11 is 4.42. The van der Waals surface area contributed by atoms with Crippen molar-refractivity contribution in [2.45, 2.75) is 19.8 Å². The van der Waals surface area contributed by atoms with E-state index in [1.54, 1.807) is 6.07 Å². The predicted molar refractivity (Wildman–Crippen MR) is 57.2 cm³/mol. The molecule has 1 aromatic carbocycles. The molecule has 14 heavy (non-hydrogen) atoms. The van der Waals surface area contributed by atoms with Crippen molar-refractivity contribution in [2.75, 3.05) is 0 Å². The van der Waals surface area contributed by atoms with E-state index in [9.17, 15) is 5.11 Å². The first-order valence-electron chi connectivity index (χ1n) is 4.10. The maximum absolute atomic E-state index is 9.28. The molecule has 2 N–H and O–H groups in total. The fraction of sp³-hybridized carbons (Fsp3) is 0.333. The molecule has 0 saturated carbocycles. The Bertz CT molecular complexity index is 291. The van der Waals surface area contributed by atoms with Crippen molar-refractivity contribution >= 4 is 19.1 Å². The van der Waals surface area contributed by atoms with Gasteiger partial charge in [0.2, 0.25) is 0 Å². The zero-order valence-corrected chi connectivity index (χ0v) is 9.42. The lowest BCUT2D eigenvalue weighted by Gasteiger charge is -2.03. The van der Waals surface area contributed by atoms with Crippen LogP contribution >= 0.6 is 19.1 Å². The molecule has 0 heterocycles. The summed E-state index contributed by atoms with van der Waals surface area (Å²) < 4.78 is 8.67. The third-order valence-electron chi connectivity index (χ3n) is 1.62. The van der Waals surface area contributed by atoms with Crippen LogP contribution in [0.15, 0.2) is 18.2 Å². The standard InChI is InChI=1S/C9H12O2.ClOP/c1-2-4-7-5-3-6-8(10)9(7)11;1-3-2/h3,5-6,10-11H,2,4H2,1H3;. The molecule has 0 bridgehead atoms. The Morgan fingerprint density at radius 3 is 2.50 bits per heavy atom. The highest BCUT2D eigenvalue weighted by atomic mass is 35.7. The first-order valence-corrected chi connectivity index (χ1v) is 5.82. The number of hydrogen-bond donors (Lipinski definition) is 2. The molecule has 1 rings (SSSR count).